The Hall–Kier alpha value is -1.76. The van der Waals surface area contributed by atoms with Crippen LogP contribution in [0.15, 0.2) is 23.0 Å². The second kappa shape index (κ2) is 4.49. The van der Waals surface area contributed by atoms with E-state index in [1.54, 1.807) is 25.1 Å². The highest BCUT2D eigenvalue weighted by molar-refractivity contribution is 5.75. The number of imidazole rings is 1. The average molecular weight is 259 g/mol. The van der Waals surface area contributed by atoms with Crippen LogP contribution in [0.25, 0.3) is 11.0 Å². The first-order valence-electron chi connectivity index (χ1n) is 5.37. The van der Waals surface area contributed by atoms with Gasteiger partial charge in [-0.15, -0.1) is 0 Å². The Morgan fingerprint density at radius 2 is 1.94 bits per heavy atom. The number of halogens is 3. The molecular weight excluding hydrogens is 247 g/mol. The van der Waals surface area contributed by atoms with Crippen molar-refractivity contribution in [3.63, 3.8) is 0 Å². The molecule has 0 aliphatic heterocycles. The second-order valence-electron chi connectivity index (χ2n) is 4.10. The Balaban J connectivity index is 2.17. The summed E-state index contributed by atoms with van der Waals surface area (Å²) in [6.07, 6.45) is -4.24. The van der Waals surface area contributed by atoms with Crippen molar-refractivity contribution in [3.8, 4) is 0 Å². The predicted molar refractivity (Wildman–Crippen MR) is 61.4 cm³/mol. The maximum atomic E-state index is 12.1. The smallest absolute Gasteiger partial charge is 0.306 e. The van der Waals surface area contributed by atoms with E-state index >= 15 is 0 Å². The van der Waals surface area contributed by atoms with Crippen molar-refractivity contribution in [2.45, 2.75) is 19.1 Å². The van der Waals surface area contributed by atoms with Crippen LogP contribution in [0.3, 0.4) is 0 Å². The Morgan fingerprint density at radius 3 is 2.61 bits per heavy atom. The Morgan fingerprint density at radius 1 is 1.28 bits per heavy atom. The van der Waals surface area contributed by atoms with Crippen molar-refractivity contribution in [2.24, 2.45) is 0 Å². The van der Waals surface area contributed by atoms with Gasteiger partial charge in [-0.2, -0.15) is 13.2 Å². The molecule has 1 aromatic heterocycles. The number of nitrogens with one attached hydrogen (secondary N) is 3. The van der Waals surface area contributed by atoms with Crippen LogP contribution in [0.5, 0.6) is 0 Å². The average Bonchev–Trinajstić information content (AvgIpc) is 2.63. The summed E-state index contributed by atoms with van der Waals surface area (Å²) in [5.74, 6) is 0. The van der Waals surface area contributed by atoms with Crippen LogP contribution in [-0.2, 0) is 0 Å². The summed E-state index contributed by atoms with van der Waals surface area (Å²) in [6, 6.07) is 4.55. The highest BCUT2D eigenvalue weighted by Crippen LogP contribution is 2.19. The fourth-order valence-electron chi connectivity index (χ4n) is 1.71. The molecule has 1 atom stereocenters. The van der Waals surface area contributed by atoms with E-state index in [2.05, 4.69) is 15.3 Å². The van der Waals surface area contributed by atoms with E-state index in [-0.39, 0.29) is 5.69 Å². The molecule has 3 N–H and O–H groups in total. The maximum Gasteiger partial charge on any atom is 0.401 e. The van der Waals surface area contributed by atoms with Gasteiger partial charge in [0.25, 0.3) is 0 Å². The van der Waals surface area contributed by atoms with Crippen LogP contribution in [0, 0.1) is 0 Å². The monoisotopic (exact) mass is 259 g/mol. The molecule has 2 rings (SSSR count). The zero-order chi connectivity index (χ0) is 13.3. The molecular formula is C11H12F3N3O. The minimum absolute atomic E-state index is 0.335. The van der Waals surface area contributed by atoms with Crippen molar-refractivity contribution in [2.75, 3.05) is 6.54 Å². The van der Waals surface area contributed by atoms with Gasteiger partial charge < -0.3 is 15.3 Å². The number of H-pyrrole nitrogens is 2. The van der Waals surface area contributed by atoms with Crippen LogP contribution in [-0.4, -0.2) is 22.7 Å². The van der Waals surface area contributed by atoms with Gasteiger partial charge >= 0.3 is 11.9 Å². The van der Waals surface area contributed by atoms with Crippen molar-refractivity contribution < 1.29 is 13.2 Å². The SMILES string of the molecule is CC(NCC(F)(F)F)c1ccc2[nH]c(=O)[nH]c2c1. The van der Waals surface area contributed by atoms with Gasteiger partial charge in [-0.25, -0.2) is 4.79 Å². The quantitative estimate of drug-likeness (QED) is 0.790. The van der Waals surface area contributed by atoms with E-state index in [1.807, 2.05) is 0 Å². The van der Waals surface area contributed by atoms with Crippen molar-refractivity contribution >= 4 is 11.0 Å². The lowest BCUT2D eigenvalue weighted by molar-refractivity contribution is -0.126. The van der Waals surface area contributed by atoms with Gasteiger partial charge in [0.1, 0.15) is 0 Å². The zero-order valence-electron chi connectivity index (χ0n) is 9.56. The Labute approximate surface area is 100 Å². The van der Waals surface area contributed by atoms with Crippen LogP contribution in [0.4, 0.5) is 13.2 Å². The number of fused-ring (bicyclic) bond motifs is 1. The lowest BCUT2D eigenvalue weighted by atomic mass is 10.1. The molecule has 98 valence electrons. The van der Waals surface area contributed by atoms with Crippen LogP contribution < -0.4 is 11.0 Å². The molecule has 4 nitrogen and oxygen atoms in total. The topological polar surface area (TPSA) is 60.7 Å². The number of hydrogen-bond acceptors (Lipinski definition) is 2. The van der Waals surface area contributed by atoms with Gasteiger partial charge in [-0.1, -0.05) is 6.07 Å². The largest absolute Gasteiger partial charge is 0.401 e. The molecule has 1 heterocycles. The van der Waals surface area contributed by atoms with Gasteiger partial charge in [-0.05, 0) is 24.6 Å². The first-order chi connectivity index (χ1) is 8.35. The molecule has 0 spiro atoms. The van der Waals surface area contributed by atoms with E-state index in [9.17, 15) is 18.0 Å². The molecule has 0 bridgehead atoms. The van der Waals surface area contributed by atoms with Gasteiger partial charge in [-0.3, -0.25) is 0 Å². The molecule has 0 aliphatic carbocycles. The van der Waals surface area contributed by atoms with Crippen molar-refractivity contribution in [1.29, 1.82) is 0 Å². The molecule has 1 aromatic carbocycles. The van der Waals surface area contributed by atoms with Gasteiger partial charge in [0.15, 0.2) is 0 Å². The van der Waals surface area contributed by atoms with E-state index in [1.165, 1.54) is 0 Å². The van der Waals surface area contributed by atoms with Crippen LogP contribution in [0.2, 0.25) is 0 Å². The number of benzene rings is 1. The number of aromatic nitrogens is 2. The minimum atomic E-state index is -4.24. The molecule has 0 aliphatic rings. The van der Waals surface area contributed by atoms with Crippen LogP contribution in [0.1, 0.15) is 18.5 Å². The van der Waals surface area contributed by atoms with E-state index < -0.39 is 18.8 Å². The van der Waals surface area contributed by atoms with E-state index in [0.717, 1.165) is 0 Å². The molecule has 0 saturated heterocycles. The lowest BCUT2D eigenvalue weighted by Crippen LogP contribution is -2.30. The van der Waals surface area contributed by atoms with Gasteiger partial charge in [0, 0.05) is 6.04 Å². The number of alkyl halides is 3. The third kappa shape index (κ3) is 2.92. The molecule has 7 heteroatoms. The molecule has 0 fully saturated rings. The summed E-state index contributed by atoms with van der Waals surface area (Å²) in [7, 11) is 0. The second-order valence-corrected chi connectivity index (χ2v) is 4.10. The Kier molecular flexibility index (Phi) is 3.16. The molecule has 0 amide bonds. The minimum Gasteiger partial charge on any atom is -0.306 e. The molecule has 1 unspecified atom stereocenters. The zero-order valence-corrected chi connectivity index (χ0v) is 9.56. The standard InChI is InChI=1S/C11H12F3N3O/c1-6(15-5-11(12,13)14)7-2-3-8-9(4-7)17-10(18)16-8/h2-4,6,15H,5H2,1H3,(H2,16,17,18). The maximum absolute atomic E-state index is 12.1. The van der Waals surface area contributed by atoms with Gasteiger partial charge in [0.2, 0.25) is 0 Å². The molecule has 2 aromatic rings. The highest BCUT2D eigenvalue weighted by atomic mass is 19.4. The molecule has 18 heavy (non-hydrogen) atoms. The van der Waals surface area contributed by atoms with Crippen molar-refractivity contribution in [1.82, 2.24) is 15.3 Å². The summed E-state index contributed by atoms with van der Waals surface area (Å²) < 4.78 is 36.2. The lowest BCUT2D eigenvalue weighted by Gasteiger charge is -2.15. The number of rotatable bonds is 3. The fourth-order valence-corrected chi connectivity index (χ4v) is 1.71. The van der Waals surface area contributed by atoms with Gasteiger partial charge in [0.05, 0.1) is 17.6 Å². The van der Waals surface area contributed by atoms with Crippen molar-refractivity contribution in [3.05, 3.63) is 34.2 Å². The van der Waals surface area contributed by atoms with E-state index in [0.29, 0.717) is 16.6 Å². The fraction of sp³-hybridized carbons (Fsp3) is 0.364. The van der Waals surface area contributed by atoms with Crippen LogP contribution >= 0.6 is 0 Å². The summed E-state index contributed by atoms with van der Waals surface area (Å²) in [6.45, 7) is 0.591. The first kappa shape index (κ1) is 12.7. The molecule has 0 saturated carbocycles. The third-order valence-corrected chi connectivity index (χ3v) is 2.65. The number of aromatic amines is 2. The third-order valence-electron chi connectivity index (χ3n) is 2.65. The van der Waals surface area contributed by atoms with E-state index in [4.69, 9.17) is 0 Å². The summed E-state index contributed by atoms with van der Waals surface area (Å²) in [5, 5.41) is 2.38. The first-order valence-corrected chi connectivity index (χ1v) is 5.37. The normalized spacial score (nSPS) is 14.0. The summed E-state index contributed by atoms with van der Waals surface area (Å²) in [5.41, 5.74) is 1.56. The summed E-state index contributed by atoms with van der Waals surface area (Å²) in [4.78, 5) is 16.2. The number of hydrogen-bond donors (Lipinski definition) is 3. The predicted octanol–water partition coefficient (Wildman–Crippen LogP) is 2.07. The highest BCUT2D eigenvalue weighted by Gasteiger charge is 2.27. The molecule has 0 radical (unpaired) electrons. The summed E-state index contributed by atoms with van der Waals surface area (Å²) >= 11 is 0. The Bertz CT molecular complexity index is 599.